The van der Waals surface area contributed by atoms with Crippen LogP contribution in [0.3, 0.4) is 0 Å². The van der Waals surface area contributed by atoms with E-state index >= 15 is 0 Å². The Hall–Kier alpha value is -1.72. The zero-order chi connectivity index (χ0) is 17.1. The van der Waals surface area contributed by atoms with Gasteiger partial charge in [-0.25, -0.2) is 4.98 Å². The van der Waals surface area contributed by atoms with E-state index in [4.69, 9.17) is 15.5 Å². The molecule has 2 aromatic heterocycles. The summed E-state index contributed by atoms with van der Waals surface area (Å²) in [5.74, 6) is 0.832. The van der Waals surface area contributed by atoms with E-state index in [0.29, 0.717) is 0 Å². The molecule has 4 rings (SSSR count). The monoisotopic (exact) mass is 358 g/mol. The first kappa shape index (κ1) is 17.1. The van der Waals surface area contributed by atoms with Gasteiger partial charge in [-0.2, -0.15) is 0 Å². The van der Waals surface area contributed by atoms with Crippen molar-refractivity contribution in [2.24, 2.45) is 5.92 Å². The summed E-state index contributed by atoms with van der Waals surface area (Å²) in [4.78, 5) is 15.1. The molecule has 0 saturated heterocycles. The lowest BCUT2D eigenvalue weighted by Crippen LogP contribution is -2.11. The Morgan fingerprint density at radius 2 is 2.08 bits per heavy atom. The average molecular weight is 359 g/mol. The summed E-state index contributed by atoms with van der Waals surface area (Å²) in [6.45, 7) is 3.74. The highest BCUT2D eigenvalue weighted by Crippen LogP contribution is 2.45. The lowest BCUT2D eigenvalue weighted by molar-refractivity contribution is -0.106. The molecule has 0 spiro atoms. The molecule has 2 N–H and O–H groups in total. The Morgan fingerprint density at radius 3 is 2.79 bits per heavy atom. The lowest BCUT2D eigenvalue weighted by atomic mass is 9.86. The van der Waals surface area contributed by atoms with Crippen LogP contribution in [0.2, 0.25) is 0 Å². The maximum atomic E-state index is 8.81. The van der Waals surface area contributed by atoms with Crippen molar-refractivity contribution < 1.29 is 4.79 Å². The molecule has 1 aliphatic carbocycles. The van der Waals surface area contributed by atoms with Gasteiger partial charge in [-0.15, -0.1) is 22.7 Å². The van der Waals surface area contributed by atoms with Gasteiger partial charge in [0, 0.05) is 10.4 Å². The zero-order valence-corrected chi connectivity index (χ0v) is 15.7. The van der Waals surface area contributed by atoms with E-state index in [1.165, 1.54) is 46.9 Å². The first-order valence-corrected chi connectivity index (χ1v) is 9.96. The van der Waals surface area contributed by atoms with E-state index in [2.05, 4.69) is 25.1 Å². The van der Waals surface area contributed by atoms with Gasteiger partial charge < -0.3 is 10.5 Å². The molecule has 0 aliphatic heterocycles. The SMILES string of the molecule is CC=O.CCC1CCc2c(sc(N)c2-c2nc3ccccc3s2)C1. The Balaban J connectivity index is 0.000000526. The van der Waals surface area contributed by atoms with Crippen molar-refractivity contribution in [1.82, 2.24) is 4.98 Å². The minimum atomic E-state index is 0.750. The maximum absolute atomic E-state index is 8.81. The number of nitrogens with two attached hydrogens (primary N) is 1. The predicted octanol–water partition coefficient (Wildman–Crippen LogP) is 5.33. The van der Waals surface area contributed by atoms with Crippen molar-refractivity contribution in [1.29, 1.82) is 0 Å². The number of carbonyl (C=O) groups excluding carboxylic acids is 1. The molecule has 5 heteroatoms. The Morgan fingerprint density at radius 1 is 1.33 bits per heavy atom. The summed E-state index contributed by atoms with van der Waals surface area (Å²) in [6, 6.07) is 8.34. The van der Waals surface area contributed by atoms with Gasteiger partial charge in [0.2, 0.25) is 0 Å². The van der Waals surface area contributed by atoms with Gasteiger partial charge in [-0.05, 0) is 49.8 Å². The highest BCUT2D eigenvalue weighted by Gasteiger charge is 2.26. The number of nitrogen functional groups attached to an aromatic ring is 1. The summed E-state index contributed by atoms with van der Waals surface area (Å²) in [6.07, 6.45) is 5.67. The topological polar surface area (TPSA) is 56.0 Å². The van der Waals surface area contributed by atoms with Gasteiger partial charge in [-0.3, -0.25) is 0 Å². The molecule has 1 unspecified atom stereocenters. The van der Waals surface area contributed by atoms with Gasteiger partial charge >= 0.3 is 0 Å². The van der Waals surface area contributed by atoms with E-state index in [1.54, 1.807) is 22.7 Å². The van der Waals surface area contributed by atoms with Crippen LogP contribution in [-0.4, -0.2) is 11.3 Å². The molecule has 126 valence electrons. The van der Waals surface area contributed by atoms with E-state index in [1.807, 2.05) is 6.07 Å². The lowest BCUT2D eigenvalue weighted by Gasteiger charge is -2.20. The maximum Gasteiger partial charge on any atom is 0.127 e. The fourth-order valence-electron chi connectivity index (χ4n) is 3.24. The summed E-state index contributed by atoms with van der Waals surface area (Å²) in [7, 11) is 0. The van der Waals surface area contributed by atoms with Crippen molar-refractivity contribution in [3.05, 3.63) is 34.7 Å². The molecule has 0 amide bonds. The van der Waals surface area contributed by atoms with Crippen LogP contribution in [0.4, 0.5) is 5.00 Å². The first-order chi connectivity index (χ1) is 11.7. The highest BCUT2D eigenvalue weighted by molar-refractivity contribution is 7.22. The molecule has 1 aliphatic rings. The summed E-state index contributed by atoms with van der Waals surface area (Å²) in [5, 5.41) is 2.05. The van der Waals surface area contributed by atoms with Crippen LogP contribution in [0.15, 0.2) is 24.3 Å². The number of aromatic nitrogens is 1. The first-order valence-electron chi connectivity index (χ1n) is 8.33. The van der Waals surface area contributed by atoms with Crippen LogP contribution < -0.4 is 5.73 Å². The predicted molar refractivity (Wildman–Crippen MR) is 105 cm³/mol. The van der Waals surface area contributed by atoms with Crippen LogP contribution >= 0.6 is 22.7 Å². The van der Waals surface area contributed by atoms with Crippen LogP contribution in [0.25, 0.3) is 20.8 Å². The highest BCUT2D eigenvalue weighted by atomic mass is 32.1. The number of anilines is 1. The number of thiophene rings is 1. The molecular weight excluding hydrogens is 336 g/mol. The smallest absolute Gasteiger partial charge is 0.127 e. The number of hydrogen-bond acceptors (Lipinski definition) is 5. The van der Waals surface area contributed by atoms with E-state index in [9.17, 15) is 0 Å². The Labute approximate surface area is 150 Å². The van der Waals surface area contributed by atoms with Crippen LogP contribution in [-0.2, 0) is 17.6 Å². The van der Waals surface area contributed by atoms with Crippen molar-refractivity contribution in [2.75, 3.05) is 5.73 Å². The minimum Gasteiger partial charge on any atom is -0.390 e. The number of rotatable bonds is 2. The third-order valence-electron chi connectivity index (χ3n) is 4.48. The quantitative estimate of drug-likeness (QED) is 0.630. The molecular formula is C19H22N2OS2. The number of aldehydes is 1. The van der Waals surface area contributed by atoms with Gasteiger partial charge in [0.05, 0.1) is 15.2 Å². The molecule has 3 aromatic rings. The second-order valence-corrected chi connectivity index (χ2v) is 8.15. The second-order valence-electron chi connectivity index (χ2n) is 5.98. The largest absolute Gasteiger partial charge is 0.390 e. The Kier molecular flexibility index (Phi) is 5.31. The molecule has 0 saturated carbocycles. The number of nitrogens with zero attached hydrogens (tertiary/aromatic N) is 1. The number of hydrogen-bond donors (Lipinski definition) is 1. The molecule has 2 heterocycles. The summed E-state index contributed by atoms with van der Waals surface area (Å²) < 4.78 is 1.24. The molecule has 24 heavy (non-hydrogen) atoms. The fourth-order valence-corrected chi connectivity index (χ4v) is 5.59. The molecule has 0 radical (unpaired) electrons. The summed E-state index contributed by atoms with van der Waals surface area (Å²) in [5.41, 5.74) is 10.1. The van der Waals surface area contributed by atoms with Crippen molar-refractivity contribution >= 4 is 44.2 Å². The van der Waals surface area contributed by atoms with Crippen molar-refractivity contribution in [3.8, 4) is 10.6 Å². The molecule has 3 nitrogen and oxygen atoms in total. The molecule has 1 aromatic carbocycles. The van der Waals surface area contributed by atoms with Crippen LogP contribution in [0, 0.1) is 5.92 Å². The fraction of sp³-hybridized carbons (Fsp3) is 0.368. The van der Waals surface area contributed by atoms with Crippen LogP contribution in [0.1, 0.15) is 37.1 Å². The van der Waals surface area contributed by atoms with Crippen molar-refractivity contribution in [2.45, 2.75) is 39.5 Å². The van der Waals surface area contributed by atoms with E-state index < -0.39 is 0 Å². The zero-order valence-electron chi connectivity index (χ0n) is 14.0. The van der Waals surface area contributed by atoms with Crippen LogP contribution in [0.5, 0.6) is 0 Å². The van der Waals surface area contributed by atoms with Gasteiger partial charge in [0.1, 0.15) is 11.3 Å². The van der Waals surface area contributed by atoms with Gasteiger partial charge in [-0.1, -0.05) is 25.5 Å². The number of carbonyl (C=O) groups is 1. The average Bonchev–Trinajstić information content (AvgIpc) is 3.14. The number of para-hydroxylation sites is 1. The summed E-state index contributed by atoms with van der Waals surface area (Å²) >= 11 is 3.55. The molecule has 0 bridgehead atoms. The second kappa shape index (κ2) is 7.45. The van der Waals surface area contributed by atoms with E-state index in [0.717, 1.165) is 34.2 Å². The standard InChI is InChI=1S/C17H18N2S2.C2H4O/c1-2-10-7-8-11-14(9-10)20-16(18)15(11)17-19-12-5-3-4-6-13(12)21-17;1-2-3/h3-6,10H,2,7-9,18H2,1H3;2H,1H3. The third-order valence-corrected chi connectivity index (χ3v) is 6.62. The normalized spacial score (nSPS) is 16.3. The van der Waals surface area contributed by atoms with Gasteiger partial charge in [0.25, 0.3) is 0 Å². The number of thiazole rings is 1. The minimum absolute atomic E-state index is 0.750. The molecule has 0 fully saturated rings. The Bertz CT molecular complexity index is 817. The third kappa shape index (κ3) is 3.23. The molecule has 1 atom stereocenters. The van der Waals surface area contributed by atoms with Crippen molar-refractivity contribution in [3.63, 3.8) is 0 Å². The van der Waals surface area contributed by atoms with E-state index in [-0.39, 0.29) is 0 Å². The number of fused-ring (bicyclic) bond motifs is 2. The van der Waals surface area contributed by atoms with Gasteiger partial charge in [0.15, 0.2) is 0 Å². The number of benzene rings is 1.